The van der Waals surface area contributed by atoms with E-state index in [1.54, 1.807) is 61.5 Å². The molecule has 3 aromatic rings. The Labute approximate surface area is 249 Å². The number of carbonyl (C=O) groups excluding carboxylic acids is 2. The van der Waals surface area contributed by atoms with Gasteiger partial charge in [-0.2, -0.15) is 0 Å². The van der Waals surface area contributed by atoms with Crippen LogP contribution in [-0.2, 0) is 26.2 Å². The van der Waals surface area contributed by atoms with Gasteiger partial charge in [0.2, 0.25) is 11.8 Å². The summed E-state index contributed by atoms with van der Waals surface area (Å²) in [6, 6.07) is 19.5. The number of nitrogens with one attached hydrogen (secondary N) is 1. The number of sulfonamides is 1. The number of nitrogens with zero attached hydrogens (tertiary/aromatic N) is 2. The molecule has 0 bridgehead atoms. The molecule has 7 nitrogen and oxygen atoms in total. The first kappa shape index (κ1) is 30.1. The minimum Gasteiger partial charge on any atom is -0.352 e. The topological polar surface area (TPSA) is 86.8 Å². The van der Waals surface area contributed by atoms with Gasteiger partial charge in [-0.05, 0) is 74.7 Å². The summed E-state index contributed by atoms with van der Waals surface area (Å²) in [5.74, 6) is -0.795. The largest absolute Gasteiger partial charge is 0.352 e. The number of benzene rings is 3. The van der Waals surface area contributed by atoms with E-state index >= 15 is 0 Å². The highest BCUT2D eigenvalue weighted by atomic mass is 79.9. The van der Waals surface area contributed by atoms with Gasteiger partial charge < -0.3 is 10.2 Å². The smallest absolute Gasteiger partial charge is 0.264 e. The van der Waals surface area contributed by atoms with Gasteiger partial charge in [-0.15, -0.1) is 0 Å². The first-order chi connectivity index (χ1) is 19.1. The van der Waals surface area contributed by atoms with E-state index in [0.717, 1.165) is 40.0 Å². The molecule has 40 heavy (non-hydrogen) atoms. The fourth-order valence-electron chi connectivity index (χ4n) is 4.76. The second-order valence-corrected chi connectivity index (χ2v) is 13.3. The van der Waals surface area contributed by atoms with Crippen LogP contribution in [0.2, 0.25) is 5.02 Å². The summed E-state index contributed by atoms with van der Waals surface area (Å²) < 4.78 is 29.6. The first-order valence-electron chi connectivity index (χ1n) is 13.2. The molecule has 1 N–H and O–H groups in total. The molecule has 3 aromatic carbocycles. The van der Waals surface area contributed by atoms with Crippen molar-refractivity contribution in [3.63, 3.8) is 0 Å². The van der Waals surface area contributed by atoms with Crippen LogP contribution in [0.4, 0.5) is 5.69 Å². The van der Waals surface area contributed by atoms with E-state index in [1.807, 2.05) is 13.0 Å². The van der Waals surface area contributed by atoms with Crippen LogP contribution in [0.5, 0.6) is 0 Å². The highest BCUT2D eigenvalue weighted by Gasteiger charge is 2.33. The number of hydrogen-bond donors (Lipinski definition) is 1. The molecule has 1 aliphatic carbocycles. The Morgan fingerprint density at radius 3 is 2.25 bits per heavy atom. The first-order valence-corrected chi connectivity index (χ1v) is 15.9. The second kappa shape index (κ2) is 13.2. The summed E-state index contributed by atoms with van der Waals surface area (Å²) in [6.07, 6.45) is 3.92. The van der Waals surface area contributed by atoms with Gasteiger partial charge in [-0.25, -0.2) is 8.42 Å². The third-order valence-corrected chi connectivity index (χ3v) is 9.86. The molecule has 10 heteroatoms. The summed E-state index contributed by atoms with van der Waals surface area (Å²) in [5, 5.41) is 3.52. The van der Waals surface area contributed by atoms with E-state index in [9.17, 15) is 18.0 Å². The maximum Gasteiger partial charge on any atom is 0.264 e. The minimum atomic E-state index is -4.11. The number of anilines is 1. The van der Waals surface area contributed by atoms with Gasteiger partial charge >= 0.3 is 0 Å². The van der Waals surface area contributed by atoms with Crippen LogP contribution in [0, 0.1) is 6.92 Å². The van der Waals surface area contributed by atoms with E-state index in [2.05, 4.69) is 21.2 Å². The van der Waals surface area contributed by atoms with Crippen molar-refractivity contribution in [3.8, 4) is 0 Å². The zero-order valence-corrected chi connectivity index (χ0v) is 25.7. The van der Waals surface area contributed by atoms with Crippen LogP contribution in [0.25, 0.3) is 0 Å². The number of aryl methyl sites for hydroxylation is 1. The molecule has 0 unspecified atom stereocenters. The third kappa shape index (κ3) is 7.25. The number of hydrogen-bond acceptors (Lipinski definition) is 4. The third-order valence-electron chi connectivity index (χ3n) is 7.17. The van der Waals surface area contributed by atoms with Gasteiger partial charge in [0.1, 0.15) is 12.6 Å². The molecule has 1 atom stereocenters. The lowest BCUT2D eigenvalue weighted by atomic mass is 10.1. The quantitative estimate of drug-likeness (QED) is 0.289. The lowest BCUT2D eigenvalue weighted by Crippen LogP contribution is -2.52. The maximum absolute atomic E-state index is 14.0. The van der Waals surface area contributed by atoms with Crippen molar-refractivity contribution in [1.82, 2.24) is 10.2 Å². The van der Waals surface area contributed by atoms with Crippen molar-refractivity contribution in [2.45, 2.75) is 63.1 Å². The number of rotatable bonds is 10. The highest BCUT2D eigenvalue weighted by molar-refractivity contribution is 9.10. The molecular weight excluding hydrogens is 614 g/mol. The van der Waals surface area contributed by atoms with Crippen molar-refractivity contribution >= 4 is 55.1 Å². The Balaban J connectivity index is 1.69. The molecule has 0 aliphatic heterocycles. The Kier molecular flexibility index (Phi) is 9.92. The fraction of sp³-hybridized carbons (Fsp3) is 0.333. The second-order valence-electron chi connectivity index (χ2n) is 10.1. The molecule has 1 fully saturated rings. The monoisotopic (exact) mass is 645 g/mol. The molecule has 0 spiro atoms. The summed E-state index contributed by atoms with van der Waals surface area (Å²) in [4.78, 5) is 28.8. The molecule has 2 amide bonds. The standard InChI is InChI=1S/C30H33BrClN3O4S/c1-21-11-17-27(18-12-21)40(38,39)35(26-15-13-24(31)14-16-26)20-29(36)34(19-23-7-3-6-10-28(23)32)22(2)30(37)33-25-8-4-5-9-25/h3,6-7,10-18,22,25H,4-5,8-9,19-20H2,1-2H3,(H,33,37)/t22-/m0/s1. The highest BCUT2D eigenvalue weighted by Crippen LogP contribution is 2.27. The molecule has 1 aliphatic rings. The summed E-state index contributed by atoms with van der Waals surface area (Å²) >= 11 is 9.81. The number of amides is 2. The zero-order chi connectivity index (χ0) is 28.9. The van der Waals surface area contributed by atoms with Gasteiger partial charge in [0.25, 0.3) is 10.0 Å². The maximum atomic E-state index is 14.0. The van der Waals surface area contributed by atoms with Crippen LogP contribution in [0.3, 0.4) is 0 Å². The molecular formula is C30H33BrClN3O4S. The van der Waals surface area contributed by atoms with Crippen molar-refractivity contribution < 1.29 is 18.0 Å². The van der Waals surface area contributed by atoms with E-state index < -0.39 is 28.5 Å². The van der Waals surface area contributed by atoms with Crippen molar-refractivity contribution in [1.29, 1.82) is 0 Å². The van der Waals surface area contributed by atoms with E-state index in [-0.39, 0.29) is 23.4 Å². The lowest BCUT2D eigenvalue weighted by molar-refractivity contribution is -0.139. The normalized spacial score (nSPS) is 14.5. The Bertz CT molecular complexity index is 1440. The summed E-state index contributed by atoms with van der Waals surface area (Å²) in [5.41, 5.74) is 1.91. The van der Waals surface area contributed by atoms with Crippen LogP contribution in [-0.4, -0.2) is 43.8 Å². The predicted octanol–water partition coefficient (Wildman–Crippen LogP) is 6.08. The molecule has 212 valence electrons. The molecule has 0 heterocycles. The van der Waals surface area contributed by atoms with Gasteiger partial charge in [-0.1, -0.05) is 76.3 Å². The van der Waals surface area contributed by atoms with Crippen molar-refractivity contribution in [3.05, 3.63) is 93.4 Å². The zero-order valence-electron chi connectivity index (χ0n) is 22.5. The number of carbonyl (C=O) groups is 2. The number of halogens is 2. The Morgan fingerprint density at radius 2 is 1.62 bits per heavy atom. The van der Waals surface area contributed by atoms with E-state index in [1.165, 1.54) is 17.0 Å². The average Bonchev–Trinajstić information content (AvgIpc) is 3.44. The van der Waals surface area contributed by atoms with Crippen LogP contribution < -0.4 is 9.62 Å². The van der Waals surface area contributed by atoms with Gasteiger partial charge in [-0.3, -0.25) is 13.9 Å². The lowest BCUT2D eigenvalue weighted by Gasteiger charge is -2.32. The Morgan fingerprint density at radius 1 is 1.00 bits per heavy atom. The molecule has 0 saturated heterocycles. The SMILES string of the molecule is Cc1ccc(S(=O)(=O)N(CC(=O)N(Cc2ccccc2Cl)[C@@H](C)C(=O)NC2CCCC2)c2ccc(Br)cc2)cc1. The Hall–Kier alpha value is -2.88. The van der Waals surface area contributed by atoms with Crippen molar-refractivity contribution in [2.75, 3.05) is 10.8 Å². The van der Waals surface area contributed by atoms with E-state index in [0.29, 0.717) is 16.3 Å². The van der Waals surface area contributed by atoms with Gasteiger partial charge in [0.15, 0.2) is 0 Å². The molecule has 4 rings (SSSR count). The predicted molar refractivity (Wildman–Crippen MR) is 162 cm³/mol. The van der Waals surface area contributed by atoms with Crippen LogP contribution >= 0.6 is 27.5 Å². The molecule has 0 aromatic heterocycles. The van der Waals surface area contributed by atoms with Gasteiger partial charge in [0.05, 0.1) is 10.6 Å². The van der Waals surface area contributed by atoms with Crippen molar-refractivity contribution in [2.24, 2.45) is 0 Å². The summed E-state index contributed by atoms with van der Waals surface area (Å²) in [7, 11) is -4.11. The fourth-order valence-corrected chi connectivity index (χ4v) is 6.63. The molecule has 1 saturated carbocycles. The summed E-state index contributed by atoms with van der Waals surface area (Å²) in [6.45, 7) is 3.09. The minimum absolute atomic E-state index is 0.0521. The average molecular weight is 647 g/mol. The van der Waals surface area contributed by atoms with Crippen LogP contribution in [0.15, 0.2) is 82.2 Å². The van der Waals surface area contributed by atoms with Crippen LogP contribution in [0.1, 0.15) is 43.7 Å². The van der Waals surface area contributed by atoms with Gasteiger partial charge in [0, 0.05) is 22.1 Å². The van der Waals surface area contributed by atoms with E-state index in [4.69, 9.17) is 11.6 Å². The molecule has 0 radical (unpaired) electrons.